The van der Waals surface area contributed by atoms with Crippen LogP contribution in [0.3, 0.4) is 0 Å². The van der Waals surface area contributed by atoms with Crippen LogP contribution in [-0.4, -0.2) is 24.6 Å². The summed E-state index contributed by atoms with van der Waals surface area (Å²) < 4.78 is 5.67. The van der Waals surface area contributed by atoms with Crippen molar-refractivity contribution in [1.82, 2.24) is 5.32 Å². The van der Waals surface area contributed by atoms with Crippen LogP contribution in [0, 0.1) is 13.8 Å². The van der Waals surface area contributed by atoms with Crippen molar-refractivity contribution in [1.29, 1.82) is 0 Å². The number of nitrogens with one attached hydrogen (secondary N) is 2. The summed E-state index contributed by atoms with van der Waals surface area (Å²) in [7, 11) is 1.55. The molecule has 0 radical (unpaired) electrons. The van der Waals surface area contributed by atoms with Gasteiger partial charge in [-0.3, -0.25) is 14.4 Å². The molecule has 2 aromatic rings. The van der Waals surface area contributed by atoms with Crippen LogP contribution in [0.15, 0.2) is 22.6 Å². The van der Waals surface area contributed by atoms with Crippen LogP contribution in [0.2, 0.25) is 0 Å². The maximum Gasteiger partial charge on any atom is 0.291 e. The van der Waals surface area contributed by atoms with Gasteiger partial charge in [0.1, 0.15) is 5.76 Å². The Labute approximate surface area is 145 Å². The Bertz CT molecular complexity index is 880. The van der Waals surface area contributed by atoms with Gasteiger partial charge in [0.05, 0.1) is 5.56 Å². The number of hydrogen-bond acceptors (Lipinski definition) is 4. The lowest BCUT2D eigenvalue weighted by molar-refractivity contribution is 0.0957. The predicted octanol–water partition coefficient (Wildman–Crippen LogP) is 3.03. The Balaban J connectivity index is 1.91. The van der Waals surface area contributed by atoms with E-state index in [1.54, 1.807) is 32.2 Å². The Morgan fingerprint density at radius 2 is 1.88 bits per heavy atom. The van der Waals surface area contributed by atoms with Crippen LogP contribution >= 0.6 is 0 Å². The minimum absolute atomic E-state index is 0.0272. The average Bonchev–Trinajstić information content (AvgIpc) is 2.94. The molecule has 0 aliphatic heterocycles. The fourth-order valence-electron chi connectivity index (χ4n) is 3.09. The molecule has 1 aliphatic carbocycles. The minimum Gasteiger partial charge on any atom is -0.455 e. The molecule has 0 atom stereocenters. The second-order valence-corrected chi connectivity index (χ2v) is 6.19. The molecule has 0 saturated heterocycles. The van der Waals surface area contributed by atoms with E-state index in [4.69, 9.17) is 4.42 Å². The summed E-state index contributed by atoms with van der Waals surface area (Å²) in [6, 6.07) is 5.08. The Hall–Kier alpha value is -2.89. The van der Waals surface area contributed by atoms with Gasteiger partial charge in [-0.25, -0.2) is 0 Å². The van der Waals surface area contributed by atoms with Crippen molar-refractivity contribution < 1.29 is 18.8 Å². The van der Waals surface area contributed by atoms with Gasteiger partial charge >= 0.3 is 0 Å². The molecule has 2 N–H and O–H groups in total. The van der Waals surface area contributed by atoms with Gasteiger partial charge in [-0.2, -0.15) is 0 Å². The third kappa shape index (κ3) is 3.07. The highest BCUT2D eigenvalue weighted by atomic mass is 16.4. The summed E-state index contributed by atoms with van der Waals surface area (Å²) in [6.07, 6.45) is 1.90. The monoisotopic (exact) mass is 340 g/mol. The van der Waals surface area contributed by atoms with Crippen LogP contribution in [0.1, 0.15) is 61.0 Å². The van der Waals surface area contributed by atoms with E-state index in [1.807, 2.05) is 6.92 Å². The molecule has 1 aliphatic rings. The molecular formula is C19H20N2O4. The number of ketones is 1. The molecule has 1 aromatic heterocycles. The highest BCUT2D eigenvalue weighted by Crippen LogP contribution is 2.30. The highest BCUT2D eigenvalue weighted by Gasteiger charge is 2.29. The molecule has 130 valence electrons. The van der Waals surface area contributed by atoms with E-state index in [2.05, 4.69) is 10.6 Å². The Kier molecular flexibility index (Phi) is 4.44. The van der Waals surface area contributed by atoms with Gasteiger partial charge in [-0.15, -0.1) is 0 Å². The van der Waals surface area contributed by atoms with Gasteiger partial charge in [-0.1, -0.05) is 6.07 Å². The van der Waals surface area contributed by atoms with Crippen molar-refractivity contribution in [3.8, 4) is 0 Å². The van der Waals surface area contributed by atoms with Crippen LogP contribution in [-0.2, 0) is 6.42 Å². The molecule has 0 unspecified atom stereocenters. The third-order valence-corrected chi connectivity index (χ3v) is 4.49. The second-order valence-electron chi connectivity index (χ2n) is 6.19. The van der Waals surface area contributed by atoms with E-state index in [0.717, 1.165) is 12.0 Å². The number of anilines is 1. The summed E-state index contributed by atoms with van der Waals surface area (Å²) in [6.45, 7) is 3.57. The average molecular weight is 340 g/mol. The van der Waals surface area contributed by atoms with E-state index < -0.39 is 5.91 Å². The maximum absolute atomic E-state index is 12.6. The fourth-order valence-corrected chi connectivity index (χ4v) is 3.09. The lowest BCUT2D eigenvalue weighted by atomic mass is 9.94. The minimum atomic E-state index is -0.420. The summed E-state index contributed by atoms with van der Waals surface area (Å²) in [5.74, 6) is 0.127. The Morgan fingerprint density at radius 3 is 2.56 bits per heavy atom. The van der Waals surface area contributed by atoms with Gasteiger partial charge in [0.2, 0.25) is 0 Å². The van der Waals surface area contributed by atoms with E-state index in [0.29, 0.717) is 41.0 Å². The standard InChI is InChI=1S/C19H20N2O4/c1-10-7-8-12(18(23)20-3)9-13(10)21-19(24)17-11(2)16-14(22)5-4-6-15(16)25-17/h7-9H,4-6H2,1-3H3,(H,20,23)(H,21,24). The van der Waals surface area contributed by atoms with Crippen molar-refractivity contribution in [2.75, 3.05) is 12.4 Å². The third-order valence-electron chi connectivity index (χ3n) is 4.49. The quantitative estimate of drug-likeness (QED) is 0.899. The zero-order valence-electron chi connectivity index (χ0n) is 14.5. The van der Waals surface area contributed by atoms with Crippen molar-refractivity contribution in [3.63, 3.8) is 0 Å². The fraction of sp³-hybridized carbons (Fsp3) is 0.316. The molecule has 0 bridgehead atoms. The molecule has 0 spiro atoms. The van der Waals surface area contributed by atoms with Crippen molar-refractivity contribution in [3.05, 3.63) is 52.0 Å². The molecule has 3 rings (SSSR count). The number of fused-ring (bicyclic) bond motifs is 1. The van der Waals surface area contributed by atoms with Crippen LogP contribution in [0.5, 0.6) is 0 Å². The van der Waals surface area contributed by atoms with Crippen molar-refractivity contribution in [2.45, 2.75) is 33.1 Å². The first-order valence-electron chi connectivity index (χ1n) is 8.22. The van der Waals surface area contributed by atoms with Gasteiger partial charge < -0.3 is 15.1 Å². The molecule has 6 nitrogen and oxygen atoms in total. The zero-order chi connectivity index (χ0) is 18.1. The number of rotatable bonds is 3. The molecule has 1 heterocycles. The van der Waals surface area contributed by atoms with Crippen molar-refractivity contribution >= 4 is 23.3 Å². The lowest BCUT2D eigenvalue weighted by Gasteiger charge is -2.09. The maximum atomic E-state index is 12.6. The Morgan fingerprint density at radius 1 is 1.12 bits per heavy atom. The molecule has 0 saturated carbocycles. The summed E-state index contributed by atoms with van der Waals surface area (Å²) in [5, 5.41) is 5.34. The summed E-state index contributed by atoms with van der Waals surface area (Å²) >= 11 is 0. The number of amides is 2. The van der Waals surface area contributed by atoms with Gasteiger partial charge in [0, 0.05) is 36.7 Å². The smallest absolute Gasteiger partial charge is 0.291 e. The van der Waals surface area contributed by atoms with Crippen molar-refractivity contribution in [2.24, 2.45) is 0 Å². The van der Waals surface area contributed by atoms with Crippen LogP contribution < -0.4 is 10.6 Å². The second kappa shape index (κ2) is 6.55. The number of carbonyl (C=O) groups excluding carboxylic acids is 3. The number of carbonyl (C=O) groups is 3. The summed E-state index contributed by atoms with van der Waals surface area (Å²) in [5.41, 5.74) is 2.94. The molecule has 6 heteroatoms. The number of Topliss-reactive ketones (excluding diaryl/α,β-unsaturated/α-hetero) is 1. The summed E-state index contributed by atoms with van der Waals surface area (Å²) in [4.78, 5) is 36.5. The number of furan rings is 1. The highest BCUT2D eigenvalue weighted by molar-refractivity contribution is 6.08. The molecule has 25 heavy (non-hydrogen) atoms. The topological polar surface area (TPSA) is 88.4 Å². The van der Waals surface area contributed by atoms with Gasteiger partial charge in [0.25, 0.3) is 11.8 Å². The van der Waals surface area contributed by atoms with E-state index in [1.165, 1.54) is 0 Å². The van der Waals surface area contributed by atoms with Gasteiger partial charge in [-0.05, 0) is 38.0 Å². The van der Waals surface area contributed by atoms with E-state index in [9.17, 15) is 14.4 Å². The molecule has 0 fully saturated rings. The normalized spacial score (nSPS) is 13.3. The number of hydrogen-bond donors (Lipinski definition) is 2. The first-order valence-corrected chi connectivity index (χ1v) is 8.22. The lowest BCUT2D eigenvalue weighted by Crippen LogP contribution is -2.19. The first kappa shape index (κ1) is 17.0. The van der Waals surface area contributed by atoms with E-state index >= 15 is 0 Å². The largest absolute Gasteiger partial charge is 0.455 e. The van der Waals surface area contributed by atoms with Crippen LogP contribution in [0.4, 0.5) is 5.69 Å². The van der Waals surface area contributed by atoms with E-state index in [-0.39, 0.29) is 17.5 Å². The number of aryl methyl sites for hydroxylation is 2. The zero-order valence-corrected chi connectivity index (χ0v) is 14.5. The first-order chi connectivity index (χ1) is 11.9. The molecule has 1 aromatic carbocycles. The molecular weight excluding hydrogens is 320 g/mol. The van der Waals surface area contributed by atoms with Crippen LogP contribution in [0.25, 0.3) is 0 Å². The predicted molar refractivity (Wildman–Crippen MR) is 93.2 cm³/mol. The molecule has 2 amide bonds. The van der Waals surface area contributed by atoms with Gasteiger partial charge in [0.15, 0.2) is 11.5 Å². The SMILES string of the molecule is CNC(=O)c1ccc(C)c(NC(=O)c2oc3c(c2C)C(=O)CCC3)c1. The number of benzene rings is 1.